The number of aromatic nitrogens is 2. The van der Waals surface area contributed by atoms with Crippen LogP contribution in [0.15, 0.2) is 60.7 Å². The SMILES string of the molecule is N#Cc1cccc(C#N)c1-c1nc2c3ccc(I)cc3c3ccccc3c2[nH]1. The highest BCUT2D eigenvalue weighted by molar-refractivity contribution is 14.1. The first-order valence-corrected chi connectivity index (χ1v) is 9.72. The minimum absolute atomic E-state index is 0.432. The van der Waals surface area contributed by atoms with Crippen LogP contribution in [0.5, 0.6) is 0 Å². The van der Waals surface area contributed by atoms with Gasteiger partial charge in [0.05, 0.1) is 39.9 Å². The molecule has 0 fully saturated rings. The smallest absolute Gasteiger partial charge is 0.141 e. The largest absolute Gasteiger partial charge is 0.337 e. The van der Waals surface area contributed by atoms with E-state index < -0.39 is 0 Å². The van der Waals surface area contributed by atoms with Crippen molar-refractivity contribution in [1.29, 1.82) is 10.5 Å². The quantitative estimate of drug-likeness (QED) is 0.245. The molecule has 28 heavy (non-hydrogen) atoms. The lowest BCUT2D eigenvalue weighted by Gasteiger charge is -2.06. The van der Waals surface area contributed by atoms with Crippen LogP contribution in [0.25, 0.3) is 44.0 Å². The van der Waals surface area contributed by atoms with E-state index in [4.69, 9.17) is 4.98 Å². The predicted molar refractivity (Wildman–Crippen MR) is 119 cm³/mol. The Labute approximate surface area is 174 Å². The molecule has 130 valence electrons. The van der Waals surface area contributed by atoms with Crippen LogP contribution in [0.2, 0.25) is 0 Å². The van der Waals surface area contributed by atoms with Crippen LogP contribution in [-0.2, 0) is 0 Å². The third-order valence-electron chi connectivity index (χ3n) is 4.97. The summed E-state index contributed by atoms with van der Waals surface area (Å²) in [5.74, 6) is 0.542. The van der Waals surface area contributed by atoms with Crippen molar-refractivity contribution in [3.8, 4) is 23.5 Å². The monoisotopic (exact) mass is 470 g/mol. The molecule has 1 aromatic heterocycles. The Morgan fingerprint density at radius 3 is 2.21 bits per heavy atom. The first-order chi connectivity index (χ1) is 13.7. The number of benzene rings is 4. The van der Waals surface area contributed by atoms with Gasteiger partial charge in [0.2, 0.25) is 0 Å². The lowest BCUT2D eigenvalue weighted by molar-refractivity contribution is 1.31. The minimum Gasteiger partial charge on any atom is -0.337 e. The van der Waals surface area contributed by atoms with Gasteiger partial charge in [-0.1, -0.05) is 36.4 Å². The van der Waals surface area contributed by atoms with Crippen LogP contribution in [0.1, 0.15) is 11.1 Å². The number of rotatable bonds is 1. The van der Waals surface area contributed by atoms with Crippen molar-refractivity contribution in [3.63, 3.8) is 0 Å². The first kappa shape index (κ1) is 16.7. The summed E-state index contributed by atoms with van der Waals surface area (Å²) in [6, 6.07) is 24.0. The fraction of sp³-hybridized carbons (Fsp3) is 0. The number of fused-ring (bicyclic) bond motifs is 6. The van der Waals surface area contributed by atoms with Gasteiger partial charge in [-0.2, -0.15) is 10.5 Å². The number of hydrogen-bond acceptors (Lipinski definition) is 3. The molecule has 0 unspecified atom stereocenters. The zero-order chi connectivity index (χ0) is 19.3. The molecule has 0 radical (unpaired) electrons. The number of hydrogen-bond donors (Lipinski definition) is 1. The van der Waals surface area contributed by atoms with Gasteiger partial charge in [0.15, 0.2) is 0 Å². The molecule has 0 aliphatic rings. The Hall–Kier alpha value is -3.42. The molecule has 0 spiro atoms. The van der Waals surface area contributed by atoms with E-state index >= 15 is 0 Å². The number of H-pyrrole nitrogens is 1. The summed E-state index contributed by atoms with van der Waals surface area (Å²) >= 11 is 2.32. The molecule has 1 heterocycles. The van der Waals surface area contributed by atoms with E-state index in [0.29, 0.717) is 22.5 Å². The molecule has 1 N–H and O–H groups in total. The first-order valence-electron chi connectivity index (χ1n) is 8.64. The molecule has 5 rings (SSSR count). The van der Waals surface area contributed by atoms with Gasteiger partial charge < -0.3 is 4.98 Å². The van der Waals surface area contributed by atoms with Crippen LogP contribution in [-0.4, -0.2) is 9.97 Å². The number of aromatic amines is 1. The van der Waals surface area contributed by atoms with Gasteiger partial charge in [0.25, 0.3) is 0 Å². The van der Waals surface area contributed by atoms with E-state index in [0.717, 1.165) is 36.1 Å². The molecule has 0 saturated carbocycles. The molecule has 0 aliphatic carbocycles. The van der Waals surface area contributed by atoms with E-state index in [9.17, 15) is 10.5 Å². The van der Waals surface area contributed by atoms with Gasteiger partial charge in [-0.3, -0.25) is 0 Å². The fourth-order valence-electron chi connectivity index (χ4n) is 3.76. The van der Waals surface area contributed by atoms with Crippen LogP contribution >= 0.6 is 22.6 Å². The average Bonchev–Trinajstić information content (AvgIpc) is 3.18. The van der Waals surface area contributed by atoms with E-state index in [1.54, 1.807) is 18.2 Å². The molecule has 0 amide bonds. The summed E-state index contributed by atoms with van der Waals surface area (Å²) in [5, 5.41) is 23.5. The predicted octanol–water partition coefficient (Wildman–Crippen LogP) is 5.88. The average molecular weight is 470 g/mol. The van der Waals surface area contributed by atoms with Gasteiger partial charge in [-0.25, -0.2) is 4.98 Å². The molecule has 0 saturated heterocycles. The summed E-state index contributed by atoms with van der Waals surface area (Å²) in [7, 11) is 0. The molecule has 4 aromatic carbocycles. The molecule has 0 atom stereocenters. The molecule has 5 aromatic rings. The Balaban J connectivity index is 1.98. The molecule has 0 aliphatic heterocycles. The number of nitriles is 2. The van der Waals surface area contributed by atoms with E-state index in [1.807, 2.05) is 12.1 Å². The second kappa shape index (κ2) is 6.33. The molecule has 5 heteroatoms. The van der Waals surface area contributed by atoms with Crippen molar-refractivity contribution in [2.24, 2.45) is 0 Å². The Bertz CT molecular complexity index is 1470. The summed E-state index contributed by atoms with van der Waals surface area (Å²) in [4.78, 5) is 8.24. The van der Waals surface area contributed by atoms with E-state index in [-0.39, 0.29) is 0 Å². The normalized spacial score (nSPS) is 11.0. The molecular weight excluding hydrogens is 459 g/mol. The third-order valence-corrected chi connectivity index (χ3v) is 5.64. The maximum Gasteiger partial charge on any atom is 0.141 e. The number of nitrogens with zero attached hydrogens (tertiary/aromatic N) is 3. The number of imidazole rings is 1. The van der Waals surface area contributed by atoms with Crippen molar-refractivity contribution < 1.29 is 0 Å². The zero-order valence-electron chi connectivity index (χ0n) is 14.5. The van der Waals surface area contributed by atoms with Crippen molar-refractivity contribution >= 4 is 55.2 Å². The van der Waals surface area contributed by atoms with Crippen LogP contribution in [0.4, 0.5) is 0 Å². The lowest BCUT2D eigenvalue weighted by Crippen LogP contribution is -1.91. The summed E-state index contributed by atoms with van der Waals surface area (Å²) in [6.45, 7) is 0. The molecule has 0 bridgehead atoms. The molecular formula is C23H11IN4. The van der Waals surface area contributed by atoms with Crippen molar-refractivity contribution in [3.05, 3.63) is 75.4 Å². The zero-order valence-corrected chi connectivity index (χ0v) is 16.7. The summed E-state index contributed by atoms with van der Waals surface area (Å²) in [6.07, 6.45) is 0. The van der Waals surface area contributed by atoms with Crippen LogP contribution < -0.4 is 0 Å². The summed E-state index contributed by atoms with van der Waals surface area (Å²) < 4.78 is 1.16. The lowest BCUT2D eigenvalue weighted by atomic mass is 10.0. The van der Waals surface area contributed by atoms with Gasteiger partial charge in [-0.05, 0) is 57.6 Å². The van der Waals surface area contributed by atoms with Crippen molar-refractivity contribution in [2.75, 3.05) is 0 Å². The maximum absolute atomic E-state index is 9.55. The Morgan fingerprint density at radius 1 is 0.786 bits per heavy atom. The topological polar surface area (TPSA) is 76.3 Å². The van der Waals surface area contributed by atoms with Crippen molar-refractivity contribution in [1.82, 2.24) is 9.97 Å². The van der Waals surface area contributed by atoms with Gasteiger partial charge in [0.1, 0.15) is 5.82 Å². The van der Waals surface area contributed by atoms with Gasteiger partial charge >= 0.3 is 0 Å². The highest BCUT2D eigenvalue weighted by Gasteiger charge is 2.18. The Kier molecular flexibility index (Phi) is 3.78. The number of halogens is 1. The van der Waals surface area contributed by atoms with Crippen molar-refractivity contribution in [2.45, 2.75) is 0 Å². The van der Waals surface area contributed by atoms with E-state index in [2.05, 4.69) is 70.0 Å². The second-order valence-electron chi connectivity index (χ2n) is 6.50. The van der Waals surface area contributed by atoms with Crippen LogP contribution in [0.3, 0.4) is 0 Å². The van der Waals surface area contributed by atoms with Gasteiger partial charge in [0, 0.05) is 14.3 Å². The van der Waals surface area contributed by atoms with E-state index in [1.165, 1.54) is 0 Å². The second-order valence-corrected chi connectivity index (χ2v) is 7.74. The maximum atomic E-state index is 9.55. The van der Waals surface area contributed by atoms with Crippen LogP contribution in [0, 0.1) is 26.2 Å². The standard InChI is InChI=1S/C23H11IN4/c24-15-8-9-18-19(10-15)16-6-1-2-7-17(16)21-22(18)28-23(27-21)20-13(11-25)4-3-5-14(20)12-26/h1-10H,(H,27,28). The minimum atomic E-state index is 0.432. The highest BCUT2D eigenvalue weighted by Crippen LogP contribution is 2.36. The number of nitrogens with one attached hydrogen (secondary N) is 1. The fourth-order valence-corrected chi connectivity index (χ4v) is 4.25. The third kappa shape index (κ3) is 2.37. The molecule has 4 nitrogen and oxygen atoms in total. The Morgan fingerprint density at radius 2 is 1.50 bits per heavy atom. The highest BCUT2D eigenvalue weighted by atomic mass is 127. The summed E-state index contributed by atoms with van der Waals surface area (Å²) in [5.41, 5.74) is 3.17. The van der Waals surface area contributed by atoms with Gasteiger partial charge in [-0.15, -0.1) is 0 Å².